The van der Waals surface area contributed by atoms with E-state index in [0.29, 0.717) is 6.54 Å². The van der Waals surface area contributed by atoms with Crippen molar-refractivity contribution in [1.82, 2.24) is 14.1 Å². The average Bonchev–Trinajstić information content (AvgIpc) is 3.36. The molecule has 2 N–H and O–H groups in total. The third kappa shape index (κ3) is 3.28. The Labute approximate surface area is 197 Å². The van der Waals surface area contributed by atoms with Crippen molar-refractivity contribution in [2.75, 3.05) is 5.32 Å². The van der Waals surface area contributed by atoms with Crippen molar-refractivity contribution in [2.45, 2.75) is 20.0 Å². The minimum atomic E-state index is 0.281. The summed E-state index contributed by atoms with van der Waals surface area (Å²) >= 11 is 0. The van der Waals surface area contributed by atoms with Crippen molar-refractivity contribution in [3.63, 3.8) is 0 Å². The van der Waals surface area contributed by atoms with E-state index in [4.69, 9.17) is 4.98 Å². The molecular weight excluding hydrogens is 420 g/mol. The molecule has 0 fully saturated rings. The Balaban J connectivity index is 1.41. The van der Waals surface area contributed by atoms with Crippen LogP contribution in [0.15, 0.2) is 84.9 Å². The van der Waals surface area contributed by atoms with Crippen LogP contribution in [0.3, 0.4) is 0 Å². The third-order valence-corrected chi connectivity index (χ3v) is 6.66. The first kappa shape index (κ1) is 20.4. The summed E-state index contributed by atoms with van der Waals surface area (Å²) in [6.45, 7) is 3.78. The van der Waals surface area contributed by atoms with E-state index >= 15 is 0 Å². The van der Waals surface area contributed by atoms with Crippen molar-refractivity contribution in [3.05, 3.63) is 90.5 Å². The van der Waals surface area contributed by atoms with Crippen LogP contribution in [-0.4, -0.2) is 19.2 Å². The number of phenols is 1. The Bertz CT molecular complexity index is 1670. The molecule has 0 radical (unpaired) electrons. The summed E-state index contributed by atoms with van der Waals surface area (Å²) in [7, 11) is 2.04. The Morgan fingerprint density at radius 1 is 0.794 bits per heavy atom. The zero-order valence-electron chi connectivity index (χ0n) is 19.3. The van der Waals surface area contributed by atoms with Gasteiger partial charge in [0.1, 0.15) is 5.75 Å². The molecule has 0 amide bonds. The molecule has 0 unspecified atom stereocenters. The van der Waals surface area contributed by atoms with Gasteiger partial charge in [0, 0.05) is 41.9 Å². The number of aryl methyl sites for hydroxylation is 2. The van der Waals surface area contributed by atoms with Crippen LogP contribution >= 0.6 is 0 Å². The van der Waals surface area contributed by atoms with Gasteiger partial charge in [-0.25, -0.2) is 4.98 Å². The maximum atomic E-state index is 9.94. The second-order valence-electron chi connectivity index (χ2n) is 8.71. The van der Waals surface area contributed by atoms with Crippen molar-refractivity contribution >= 4 is 38.8 Å². The minimum Gasteiger partial charge on any atom is -0.508 e. The number of hydrogen-bond acceptors (Lipinski definition) is 3. The summed E-state index contributed by atoms with van der Waals surface area (Å²) in [6.07, 6.45) is 0. The Kier molecular flexibility index (Phi) is 4.77. The second-order valence-corrected chi connectivity index (χ2v) is 8.71. The number of fused-ring (bicyclic) bond motifs is 4. The molecular formula is C29H26N4O. The number of rotatable bonds is 5. The SMILES string of the molecule is CCn1c2ccc(CNc3nc4ccccc4n3C)cc2c2cc(-c3cccc(O)c3)ccc21. The fourth-order valence-corrected chi connectivity index (χ4v) is 4.95. The molecule has 0 aliphatic carbocycles. The average molecular weight is 447 g/mol. The number of phenolic OH excluding ortho intramolecular Hbond substituents is 1. The molecule has 0 spiro atoms. The molecule has 2 heterocycles. The lowest BCUT2D eigenvalue weighted by Gasteiger charge is -2.07. The van der Waals surface area contributed by atoms with Gasteiger partial charge in [-0.1, -0.05) is 36.4 Å². The lowest BCUT2D eigenvalue weighted by atomic mass is 10.0. The molecule has 0 aliphatic heterocycles. The normalized spacial score (nSPS) is 11.6. The highest BCUT2D eigenvalue weighted by atomic mass is 16.3. The van der Waals surface area contributed by atoms with Crippen molar-refractivity contribution in [1.29, 1.82) is 0 Å². The van der Waals surface area contributed by atoms with E-state index < -0.39 is 0 Å². The number of para-hydroxylation sites is 2. The first-order valence-electron chi connectivity index (χ1n) is 11.6. The van der Waals surface area contributed by atoms with Gasteiger partial charge < -0.3 is 19.6 Å². The molecule has 0 atom stereocenters. The summed E-state index contributed by atoms with van der Waals surface area (Å²) in [6, 6.07) is 28.9. The maximum Gasteiger partial charge on any atom is 0.203 e. The van der Waals surface area contributed by atoms with E-state index in [0.717, 1.165) is 34.7 Å². The van der Waals surface area contributed by atoms with E-state index in [1.54, 1.807) is 6.07 Å². The Morgan fingerprint density at radius 3 is 2.35 bits per heavy atom. The fourth-order valence-electron chi connectivity index (χ4n) is 4.95. The van der Waals surface area contributed by atoms with E-state index in [2.05, 4.69) is 63.8 Å². The molecule has 168 valence electrons. The van der Waals surface area contributed by atoms with Gasteiger partial charge in [0.25, 0.3) is 0 Å². The number of nitrogens with one attached hydrogen (secondary N) is 1. The zero-order valence-corrected chi connectivity index (χ0v) is 19.3. The number of aromatic nitrogens is 3. The van der Waals surface area contributed by atoms with Gasteiger partial charge >= 0.3 is 0 Å². The van der Waals surface area contributed by atoms with Crippen LogP contribution in [0.4, 0.5) is 5.95 Å². The molecule has 6 rings (SSSR count). The smallest absolute Gasteiger partial charge is 0.203 e. The predicted molar refractivity (Wildman–Crippen MR) is 140 cm³/mol. The monoisotopic (exact) mass is 446 g/mol. The fraction of sp³-hybridized carbons (Fsp3) is 0.138. The van der Waals surface area contributed by atoms with Gasteiger partial charge in [0.2, 0.25) is 5.95 Å². The van der Waals surface area contributed by atoms with E-state index in [1.165, 1.54) is 27.4 Å². The minimum absolute atomic E-state index is 0.281. The first-order valence-corrected chi connectivity index (χ1v) is 11.6. The molecule has 0 saturated heterocycles. The van der Waals surface area contributed by atoms with Crippen LogP contribution < -0.4 is 5.32 Å². The number of aromatic hydroxyl groups is 1. The number of nitrogens with zero attached hydrogens (tertiary/aromatic N) is 3. The predicted octanol–water partition coefficient (Wildman–Crippen LogP) is 6.69. The molecule has 0 bridgehead atoms. The summed E-state index contributed by atoms with van der Waals surface area (Å²) in [5.41, 5.74) is 7.89. The Hall–Kier alpha value is -4.25. The van der Waals surface area contributed by atoms with E-state index in [9.17, 15) is 5.11 Å². The lowest BCUT2D eigenvalue weighted by Crippen LogP contribution is -2.05. The second kappa shape index (κ2) is 7.96. The quantitative estimate of drug-likeness (QED) is 0.310. The van der Waals surface area contributed by atoms with Gasteiger partial charge in [-0.2, -0.15) is 0 Å². The largest absolute Gasteiger partial charge is 0.508 e. The van der Waals surface area contributed by atoms with Crippen molar-refractivity contribution in [3.8, 4) is 16.9 Å². The molecule has 0 saturated carbocycles. The van der Waals surface area contributed by atoms with Crippen molar-refractivity contribution in [2.24, 2.45) is 7.05 Å². The van der Waals surface area contributed by atoms with Gasteiger partial charge in [-0.15, -0.1) is 0 Å². The highest BCUT2D eigenvalue weighted by molar-refractivity contribution is 6.09. The van der Waals surface area contributed by atoms with E-state index in [-0.39, 0.29) is 5.75 Å². The van der Waals surface area contributed by atoms with Crippen LogP contribution in [0.2, 0.25) is 0 Å². The molecule has 34 heavy (non-hydrogen) atoms. The molecule has 2 aromatic heterocycles. The topological polar surface area (TPSA) is 55.0 Å². The Morgan fingerprint density at radius 2 is 1.56 bits per heavy atom. The maximum absolute atomic E-state index is 9.94. The highest BCUT2D eigenvalue weighted by Gasteiger charge is 2.13. The van der Waals surface area contributed by atoms with Gasteiger partial charge in [0.05, 0.1) is 11.0 Å². The van der Waals surface area contributed by atoms with Gasteiger partial charge in [-0.3, -0.25) is 0 Å². The summed E-state index contributed by atoms with van der Waals surface area (Å²) in [5, 5.41) is 15.9. The molecule has 6 aromatic rings. The van der Waals surface area contributed by atoms with Gasteiger partial charge in [0.15, 0.2) is 0 Å². The molecule has 5 heteroatoms. The lowest BCUT2D eigenvalue weighted by molar-refractivity contribution is 0.475. The highest BCUT2D eigenvalue weighted by Crippen LogP contribution is 2.34. The van der Waals surface area contributed by atoms with Crippen LogP contribution in [0.5, 0.6) is 5.75 Å². The van der Waals surface area contributed by atoms with Crippen LogP contribution in [0, 0.1) is 0 Å². The van der Waals surface area contributed by atoms with Crippen LogP contribution in [-0.2, 0) is 20.1 Å². The van der Waals surface area contributed by atoms with Crippen LogP contribution in [0.25, 0.3) is 44.0 Å². The number of hydrogen-bond donors (Lipinski definition) is 2. The van der Waals surface area contributed by atoms with E-state index in [1.807, 2.05) is 43.4 Å². The molecule has 4 aromatic carbocycles. The summed E-state index contributed by atoms with van der Waals surface area (Å²) < 4.78 is 4.46. The van der Waals surface area contributed by atoms with Gasteiger partial charge in [-0.05, 0) is 72.1 Å². The summed E-state index contributed by atoms with van der Waals surface area (Å²) in [5.74, 6) is 1.15. The zero-order chi connectivity index (χ0) is 23.2. The third-order valence-electron chi connectivity index (χ3n) is 6.66. The number of benzene rings is 4. The number of anilines is 1. The standard InChI is InChI=1S/C29H26N4O/c1-3-33-26-13-11-19(18-30-29-31-25-9-4-5-10-28(25)32(29)2)15-23(26)24-17-21(12-14-27(24)33)20-7-6-8-22(34)16-20/h4-17,34H,3,18H2,1-2H3,(H,30,31). The number of imidazole rings is 1. The summed E-state index contributed by atoms with van der Waals surface area (Å²) in [4.78, 5) is 4.74. The van der Waals surface area contributed by atoms with Crippen LogP contribution in [0.1, 0.15) is 12.5 Å². The first-order chi connectivity index (χ1) is 16.6. The van der Waals surface area contributed by atoms with Crippen molar-refractivity contribution < 1.29 is 5.11 Å². The molecule has 5 nitrogen and oxygen atoms in total. The molecule has 0 aliphatic rings.